The van der Waals surface area contributed by atoms with E-state index in [0.717, 1.165) is 0 Å². The van der Waals surface area contributed by atoms with Gasteiger partial charge < -0.3 is 5.32 Å². The minimum atomic E-state index is -3.19. The zero-order chi connectivity index (χ0) is 15.6. The van der Waals surface area contributed by atoms with Crippen molar-refractivity contribution in [2.24, 2.45) is 0 Å². The lowest BCUT2D eigenvalue weighted by Crippen LogP contribution is -2.46. The first-order valence-corrected chi connectivity index (χ1v) is 9.13. The molecule has 1 heterocycles. The standard InChI is InChI=1S/C13H16BrFN2O3S/c1-21(19,20)17-7-5-9(6-8-17)16-13(18)12-10(14)3-2-4-11(12)15/h2-4,9H,5-8H2,1H3,(H,16,18). The van der Waals surface area contributed by atoms with Crippen LogP contribution >= 0.6 is 15.9 Å². The van der Waals surface area contributed by atoms with Gasteiger partial charge in [-0.2, -0.15) is 0 Å². The number of rotatable bonds is 3. The summed E-state index contributed by atoms with van der Waals surface area (Å²) >= 11 is 3.16. The van der Waals surface area contributed by atoms with Crippen LogP contribution in [0.5, 0.6) is 0 Å². The Morgan fingerprint density at radius 3 is 2.52 bits per heavy atom. The van der Waals surface area contributed by atoms with Gasteiger partial charge in [0.25, 0.3) is 5.91 Å². The molecule has 0 aromatic heterocycles. The Hall–Kier alpha value is -0.990. The maximum atomic E-state index is 13.7. The average molecular weight is 379 g/mol. The van der Waals surface area contributed by atoms with E-state index < -0.39 is 21.7 Å². The molecule has 1 N–H and O–H groups in total. The van der Waals surface area contributed by atoms with Gasteiger partial charge in [0.1, 0.15) is 5.82 Å². The number of nitrogens with zero attached hydrogens (tertiary/aromatic N) is 1. The molecule has 1 fully saturated rings. The predicted octanol–water partition coefficient (Wildman–Crippen LogP) is 1.74. The molecule has 21 heavy (non-hydrogen) atoms. The topological polar surface area (TPSA) is 66.5 Å². The lowest BCUT2D eigenvalue weighted by atomic mass is 10.1. The van der Waals surface area contributed by atoms with Gasteiger partial charge >= 0.3 is 0 Å². The van der Waals surface area contributed by atoms with Gasteiger partial charge in [0.15, 0.2) is 0 Å². The minimum absolute atomic E-state index is 0.0250. The molecule has 1 amide bonds. The molecule has 0 radical (unpaired) electrons. The summed E-state index contributed by atoms with van der Waals surface area (Å²) in [5.74, 6) is -1.08. The molecule has 5 nitrogen and oxygen atoms in total. The van der Waals surface area contributed by atoms with Gasteiger partial charge in [-0.05, 0) is 40.9 Å². The fourth-order valence-electron chi connectivity index (χ4n) is 2.30. The van der Waals surface area contributed by atoms with Gasteiger partial charge in [-0.15, -0.1) is 0 Å². The van der Waals surface area contributed by atoms with Crippen molar-refractivity contribution in [1.82, 2.24) is 9.62 Å². The molecule has 0 bridgehead atoms. The highest BCUT2D eigenvalue weighted by Crippen LogP contribution is 2.20. The molecule has 0 unspecified atom stereocenters. The Labute approximate surface area is 131 Å². The summed E-state index contributed by atoms with van der Waals surface area (Å²) in [7, 11) is -3.19. The molecule has 1 aromatic rings. The highest BCUT2D eigenvalue weighted by atomic mass is 79.9. The van der Waals surface area contributed by atoms with Crippen molar-refractivity contribution in [2.75, 3.05) is 19.3 Å². The number of hydrogen-bond acceptors (Lipinski definition) is 3. The molecule has 0 aliphatic carbocycles. The quantitative estimate of drug-likeness (QED) is 0.870. The second-order valence-electron chi connectivity index (χ2n) is 5.01. The largest absolute Gasteiger partial charge is 0.349 e. The average Bonchev–Trinajstić information content (AvgIpc) is 2.38. The van der Waals surface area contributed by atoms with Gasteiger partial charge in [0.05, 0.1) is 11.8 Å². The van der Waals surface area contributed by atoms with Crippen LogP contribution in [0.2, 0.25) is 0 Å². The van der Waals surface area contributed by atoms with Crippen molar-refractivity contribution in [2.45, 2.75) is 18.9 Å². The smallest absolute Gasteiger partial charge is 0.255 e. The maximum absolute atomic E-state index is 13.7. The first-order chi connectivity index (χ1) is 9.79. The molecule has 2 rings (SSSR count). The number of sulfonamides is 1. The predicted molar refractivity (Wildman–Crippen MR) is 81.0 cm³/mol. The molecule has 1 aromatic carbocycles. The Kier molecular flexibility index (Phi) is 5.00. The summed E-state index contributed by atoms with van der Waals surface area (Å²) in [6, 6.07) is 4.19. The van der Waals surface area contributed by atoms with Crippen LogP contribution in [0.3, 0.4) is 0 Å². The van der Waals surface area contributed by atoms with Gasteiger partial charge in [0.2, 0.25) is 10.0 Å². The third-order valence-corrected chi connectivity index (χ3v) is 5.41. The number of hydrogen-bond donors (Lipinski definition) is 1. The number of carbonyl (C=O) groups is 1. The monoisotopic (exact) mass is 378 g/mol. The SMILES string of the molecule is CS(=O)(=O)N1CCC(NC(=O)c2c(F)cccc2Br)CC1. The molecule has 1 aliphatic heterocycles. The van der Waals surface area contributed by atoms with E-state index in [4.69, 9.17) is 0 Å². The van der Waals surface area contributed by atoms with Crippen molar-refractivity contribution in [1.29, 1.82) is 0 Å². The lowest BCUT2D eigenvalue weighted by molar-refractivity contribution is 0.0919. The van der Waals surface area contributed by atoms with Crippen LogP contribution in [0, 0.1) is 5.82 Å². The van der Waals surface area contributed by atoms with Crippen LogP contribution in [0.1, 0.15) is 23.2 Å². The zero-order valence-corrected chi connectivity index (χ0v) is 13.9. The summed E-state index contributed by atoms with van der Waals surface area (Å²) < 4.78 is 38.3. The van der Waals surface area contributed by atoms with Crippen molar-refractivity contribution >= 4 is 31.9 Å². The van der Waals surface area contributed by atoms with Crippen LogP contribution in [0.15, 0.2) is 22.7 Å². The third-order valence-electron chi connectivity index (χ3n) is 3.45. The molecule has 8 heteroatoms. The molecule has 0 saturated carbocycles. The van der Waals surface area contributed by atoms with Crippen molar-refractivity contribution in [3.63, 3.8) is 0 Å². The highest BCUT2D eigenvalue weighted by Gasteiger charge is 2.27. The Bertz CT molecular complexity index is 623. The third kappa shape index (κ3) is 4.02. The van der Waals surface area contributed by atoms with E-state index in [-0.39, 0.29) is 11.6 Å². The van der Waals surface area contributed by atoms with E-state index in [9.17, 15) is 17.6 Å². The fraction of sp³-hybridized carbons (Fsp3) is 0.462. The maximum Gasteiger partial charge on any atom is 0.255 e. The second-order valence-corrected chi connectivity index (χ2v) is 7.84. The number of carbonyl (C=O) groups excluding carboxylic acids is 1. The van der Waals surface area contributed by atoms with E-state index in [1.165, 1.54) is 22.7 Å². The number of halogens is 2. The fourth-order valence-corrected chi connectivity index (χ4v) is 3.70. The van der Waals surface area contributed by atoms with Crippen molar-refractivity contribution in [3.05, 3.63) is 34.1 Å². The Morgan fingerprint density at radius 2 is 2.00 bits per heavy atom. The summed E-state index contributed by atoms with van der Waals surface area (Å²) in [6.07, 6.45) is 2.21. The van der Waals surface area contributed by atoms with Gasteiger partial charge in [-0.1, -0.05) is 6.07 Å². The molecule has 116 valence electrons. The second kappa shape index (κ2) is 6.41. The Balaban J connectivity index is 1.99. The van der Waals surface area contributed by atoms with Crippen molar-refractivity contribution in [3.8, 4) is 0 Å². The number of amides is 1. The molecule has 1 aliphatic rings. The van der Waals surface area contributed by atoms with Crippen molar-refractivity contribution < 1.29 is 17.6 Å². The Morgan fingerprint density at radius 1 is 1.38 bits per heavy atom. The summed E-state index contributed by atoms with van der Waals surface area (Å²) in [5.41, 5.74) is -0.0250. The van der Waals surface area contributed by atoms with E-state index in [0.29, 0.717) is 30.4 Å². The van der Waals surface area contributed by atoms with Gasteiger partial charge in [-0.3, -0.25) is 4.79 Å². The first-order valence-electron chi connectivity index (χ1n) is 6.49. The van der Waals surface area contributed by atoms with Crippen LogP contribution < -0.4 is 5.32 Å². The summed E-state index contributed by atoms with van der Waals surface area (Å²) in [6.45, 7) is 0.727. The molecule has 0 atom stereocenters. The highest BCUT2D eigenvalue weighted by molar-refractivity contribution is 9.10. The summed E-state index contributed by atoms with van der Waals surface area (Å²) in [5, 5.41) is 2.76. The van der Waals surface area contributed by atoms with Crippen LogP contribution in [0.4, 0.5) is 4.39 Å². The van der Waals surface area contributed by atoms with Gasteiger partial charge in [0, 0.05) is 23.6 Å². The molecular formula is C13H16BrFN2O3S. The van der Waals surface area contributed by atoms with Crippen LogP contribution in [0.25, 0.3) is 0 Å². The molecule has 0 spiro atoms. The molecule has 1 saturated heterocycles. The van der Waals surface area contributed by atoms with Gasteiger partial charge in [-0.25, -0.2) is 17.1 Å². The number of nitrogens with one attached hydrogen (secondary N) is 1. The number of benzene rings is 1. The summed E-state index contributed by atoms with van der Waals surface area (Å²) in [4.78, 5) is 12.1. The number of piperidine rings is 1. The zero-order valence-electron chi connectivity index (χ0n) is 11.5. The van der Waals surface area contributed by atoms with Crippen LogP contribution in [-0.2, 0) is 10.0 Å². The van der Waals surface area contributed by atoms with Crippen LogP contribution in [-0.4, -0.2) is 44.0 Å². The lowest BCUT2D eigenvalue weighted by Gasteiger charge is -2.30. The first kappa shape index (κ1) is 16.4. The van der Waals surface area contributed by atoms with E-state index in [1.807, 2.05) is 0 Å². The normalized spacial score (nSPS) is 17.7. The van der Waals surface area contributed by atoms with E-state index in [2.05, 4.69) is 21.2 Å². The molecular weight excluding hydrogens is 363 g/mol. The minimum Gasteiger partial charge on any atom is -0.349 e. The van der Waals surface area contributed by atoms with E-state index in [1.54, 1.807) is 6.07 Å². The van der Waals surface area contributed by atoms with E-state index >= 15 is 0 Å².